The molecule has 2 heterocycles. The van der Waals surface area contributed by atoms with E-state index in [1.54, 1.807) is 32.9 Å². The number of halogens is 1. The highest BCUT2D eigenvalue weighted by Gasteiger charge is 2.43. The fourth-order valence-electron chi connectivity index (χ4n) is 3.10. The monoisotopic (exact) mass is 420 g/mol. The molecule has 0 unspecified atom stereocenters. The zero-order valence-electron chi connectivity index (χ0n) is 16.3. The molecule has 0 atom stereocenters. The summed E-state index contributed by atoms with van der Waals surface area (Å²) in [6.45, 7) is 5.04. The number of hydrogen-bond acceptors (Lipinski definition) is 6. The van der Waals surface area contributed by atoms with E-state index in [4.69, 9.17) is 20.8 Å². The predicted octanol–water partition coefficient (Wildman–Crippen LogP) is 2.91. The number of hydrogen-bond donors (Lipinski definition) is 1. The Bertz CT molecular complexity index is 1060. The summed E-state index contributed by atoms with van der Waals surface area (Å²) in [6, 6.07) is 4.11. The molecule has 154 valence electrons. The molecule has 1 fully saturated rings. The molecule has 2 aromatic rings. The van der Waals surface area contributed by atoms with Gasteiger partial charge in [0.15, 0.2) is 0 Å². The second-order valence-corrected chi connectivity index (χ2v) is 7.87. The number of amides is 3. The molecule has 1 aliphatic heterocycles. The highest BCUT2D eigenvalue weighted by Crippen LogP contribution is 2.25. The van der Waals surface area contributed by atoms with Gasteiger partial charge in [-0.2, -0.15) is 0 Å². The lowest BCUT2D eigenvalue weighted by molar-refractivity contribution is -0.145. The summed E-state index contributed by atoms with van der Waals surface area (Å²) >= 11 is 6.14. The van der Waals surface area contributed by atoms with Gasteiger partial charge >= 0.3 is 17.6 Å². The van der Waals surface area contributed by atoms with Crippen LogP contribution < -0.4 is 10.9 Å². The van der Waals surface area contributed by atoms with Crippen molar-refractivity contribution in [2.75, 3.05) is 6.54 Å². The van der Waals surface area contributed by atoms with Crippen molar-refractivity contribution in [3.8, 4) is 0 Å². The number of benzene rings is 1. The zero-order valence-corrected chi connectivity index (χ0v) is 17.1. The maximum atomic E-state index is 12.1. The number of ether oxygens (including phenoxy) is 1. The second-order valence-electron chi connectivity index (χ2n) is 7.46. The van der Waals surface area contributed by atoms with Crippen molar-refractivity contribution < 1.29 is 23.5 Å². The van der Waals surface area contributed by atoms with E-state index < -0.39 is 23.2 Å². The summed E-state index contributed by atoms with van der Waals surface area (Å²) in [5.74, 6) is -0.832. The number of nitrogens with zero attached hydrogens (tertiary/aromatic N) is 1. The Kier molecular flexibility index (Phi) is 5.66. The molecular formula is C20H21ClN2O6. The van der Waals surface area contributed by atoms with Crippen LogP contribution in [0.25, 0.3) is 11.0 Å². The molecule has 1 aromatic heterocycles. The summed E-state index contributed by atoms with van der Waals surface area (Å²) in [5.41, 5.74) is 0.132. The number of rotatable bonds is 6. The van der Waals surface area contributed by atoms with Gasteiger partial charge in [0.1, 0.15) is 17.7 Å². The van der Waals surface area contributed by atoms with Crippen LogP contribution in [0.5, 0.6) is 0 Å². The van der Waals surface area contributed by atoms with E-state index in [0.717, 1.165) is 10.5 Å². The van der Waals surface area contributed by atoms with Crippen LogP contribution in [-0.2, 0) is 20.9 Å². The number of aryl methyl sites for hydroxylation is 1. The first-order valence-corrected chi connectivity index (χ1v) is 9.49. The maximum absolute atomic E-state index is 12.1. The maximum Gasteiger partial charge on any atom is 0.336 e. The molecule has 8 nitrogen and oxygen atoms in total. The molecule has 0 aliphatic carbocycles. The number of fused-ring (bicyclic) bond motifs is 1. The molecule has 0 spiro atoms. The lowest BCUT2D eigenvalue weighted by Gasteiger charge is -2.15. The Morgan fingerprint density at radius 3 is 2.62 bits per heavy atom. The molecular weight excluding hydrogens is 400 g/mol. The largest absolute Gasteiger partial charge is 0.461 e. The third-order valence-corrected chi connectivity index (χ3v) is 5.11. The highest BCUT2D eigenvalue weighted by atomic mass is 35.5. The third-order valence-electron chi connectivity index (χ3n) is 4.71. The number of carbonyl (C=O) groups is 3. The van der Waals surface area contributed by atoms with E-state index in [9.17, 15) is 19.2 Å². The van der Waals surface area contributed by atoms with Crippen LogP contribution in [0.15, 0.2) is 27.4 Å². The Balaban J connectivity index is 1.59. The lowest BCUT2D eigenvalue weighted by Crippen LogP contribution is -2.40. The van der Waals surface area contributed by atoms with Crippen molar-refractivity contribution in [1.29, 1.82) is 0 Å². The van der Waals surface area contributed by atoms with Crippen molar-refractivity contribution in [1.82, 2.24) is 10.2 Å². The van der Waals surface area contributed by atoms with Crippen molar-refractivity contribution >= 4 is 40.5 Å². The average Bonchev–Trinajstić information content (AvgIpc) is 2.82. The van der Waals surface area contributed by atoms with E-state index in [0.29, 0.717) is 21.6 Å². The van der Waals surface area contributed by atoms with Gasteiger partial charge in [0.05, 0.1) is 0 Å². The Hall–Kier alpha value is -2.87. The minimum atomic E-state index is -0.938. The summed E-state index contributed by atoms with van der Waals surface area (Å²) in [7, 11) is 0. The quantitative estimate of drug-likeness (QED) is 0.437. The van der Waals surface area contributed by atoms with Gasteiger partial charge in [-0.1, -0.05) is 11.6 Å². The summed E-state index contributed by atoms with van der Waals surface area (Å²) in [6.07, 6.45) is 0.299. The molecule has 29 heavy (non-hydrogen) atoms. The number of esters is 1. The van der Waals surface area contributed by atoms with Crippen molar-refractivity contribution in [2.24, 2.45) is 0 Å². The van der Waals surface area contributed by atoms with Gasteiger partial charge in [-0.3, -0.25) is 14.5 Å². The number of urea groups is 1. The Morgan fingerprint density at radius 1 is 1.24 bits per heavy atom. The van der Waals surface area contributed by atoms with Gasteiger partial charge in [-0.15, -0.1) is 0 Å². The Morgan fingerprint density at radius 2 is 1.97 bits per heavy atom. The SMILES string of the molecule is Cc1cc2oc(=O)cc(COC(=O)CCCN3C(=O)NC(C)(C)C3=O)c2cc1Cl. The van der Waals surface area contributed by atoms with Crippen molar-refractivity contribution in [3.63, 3.8) is 0 Å². The van der Waals surface area contributed by atoms with Crippen LogP contribution in [-0.4, -0.2) is 34.9 Å². The minimum Gasteiger partial charge on any atom is -0.461 e. The molecule has 0 radical (unpaired) electrons. The van der Waals surface area contributed by atoms with Crippen molar-refractivity contribution in [3.05, 3.63) is 44.8 Å². The van der Waals surface area contributed by atoms with Crippen LogP contribution >= 0.6 is 11.6 Å². The summed E-state index contributed by atoms with van der Waals surface area (Å²) in [5, 5.41) is 3.68. The van der Waals surface area contributed by atoms with Crippen LogP contribution in [0.2, 0.25) is 5.02 Å². The molecule has 3 amide bonds. The summed E-state index contributed by atoms with van der Waals surface area (Å²) < 4.78 is 10.4. The predicted molar refractivity (Wildman–Crippen MR) is 106 cm³/mol. The number of imide groups is 1. The number of carbonyl (C=O) groups excluding carboxylic acids is 3. The topological polar surface area (TPSA) is 106 Å². The molecule has 1 saturated heterocycles. The molecule has 1 aliphatic rings. The van der Waals surface area contributed by atoms with Gasteiger partial charge in [0, 0.05) is 35.0 Å². The van der Waals surface area contributed by atoms with Crippen LogP contribution in [0.3, 0.4) is 0 Å². The third kappa shape index (κ3) is 4.42. The highest BCUT2D eigenvalue weighted by molar-refractivity contribution is 6.32. The standard InChI is InChI=1S/C20H21ClN2O6/c1-11-7-15-13(9-14(11)21)12(8-17(25)29-15)10-28-16(24)5-4-6-23-18(26)20(2,3)22-19(23)27/h7-9H,4-6,10H2,1-3H3,(H,22,27). The molecule has 1 aromatic carbocycles. The molecule has 0 saturated carbocycles. The van der Waals surface area contributed by atoms with Crippen LogP contribution in [0, 0.1) is 6.92 Å². The summed E-state index contributed by atoms with van der Waals surface area (Å²) in [4.78, 5) is 48.9. The van der Waals surface area contributed by atoms with E-state index in [1.165, 1.54) is 6.07 Å². The smallest absolute Gasteiger partial charge is 0.336 e. The van der Waals surface area contributed by atoms with Gasteiger partial charge in [0.25, 0.3) is 5.91 Å². The van der Waals surface area contributed by atoms with Crippen LogP contribution in [0.4, 0.5) is 4.79 Å². The first-order chi connectivity index (χ1) is 13.6. The van der Waals surface area contributed by atoms with Gasteiger partial charge in [-0.05, 0) is 44.9 Å². The fraction of sp³-hybridized carbons (Fsp3) is 0.400. The van der Waals surface area contributed by atoms with Crippen molar-refractivity contribution in [2.45, 2.75) is 45.8 Å². The molecule has 0 bridgehead atoms. The fourth-order valence-corrected chi connectivity index (χ4v) is 3.26. The Labute approximate surface area is 171 Å². The first-order valence-electron chi connectivity index (χ1n) is 9.11. The second kappa shape index (κ2) is 7.87. The molecule has 9 heteroatoms. The minimum absolute atomic E-state index is 0.0245. The van der Waals surface area contributed by atoms with E-state index in [1.807, 2.05) is 0 Å². The average molecular weight is 421 g/mol. The van der Waals surface area contributed by atoms with E-state index in [2.05, 4.69) is 5.32 Å². The van der Waals surface area contributed by atoms with Gasteiger partial charge < -0.3 is 14.5 Å². The van der Waals surface area contributed by atoms with Gasteiger partial charge in [0.2, 0.25) is 0 Å². The number of nitrogens with one attached hydrogen (secondary N) is 1. The van der Waals surface area contributed by atoms with E-state index >= 15 is 0 Å². The van der Waals surface area contributed by atoms with Gasteiger partial charge in [-0.25, -0.2) is 9.59 Å². The lowest BCUT2D eigenvalue weighted by atomic mass is 10.1. The van der Waals surface area contributed by atoms with Crippen LogP contribution in [0.1, 0.15) is 37.8 Å². The first kappa shape index (κ1) is 20.9. The van der Waals surface area contributed by atoms with E-state index in [-0.39, 0.29) is 31.9 Å². The molecule has 1 N–H and O–H groups in total. The normalized spacial score (nSPS) is 15.7. The molecule has 3 rings (SSSR count). The zero-order chi connectivity index (χ0) is 21.3.